The second-order valence-corrected chi connectivity index (χ2v) is 8.37. The van der Waals surface area contributed by atoms with E-state index in [2.05, 4.69) is 33.3 Å². The fourth-order valence-corrected chi connectivity index (χ4v) is 4.36. The predicted octanol–water partition coefficient (Wildman–Crippen LogP) is 4.14. The molecule has 0 unspecified atom stereocenters. The van der Waals surface area contributed by atoms with E-state index in [4.69, 9.17) is 5.73 Å². The van der Waals surface area contributed by atoms with Gasteiger partial charge in [-0.15, -0.1) is 0 Å². The van der Waals surface area contributed by atoms with E-state index in [0.29, 0.717) is 16.5 Å². The number of pyridine rings is 1. The molecule has 7 heteroatoms. The summed E-state index contributed by atoms with van der Waals surface area (Å²) in [6.07, 6.45) is 3.55. The SMILES string of the molecule is CN1Cc2ccc(C(=O)Nc3cc4cc(-c5cnc(N)s5)ccc4cn3)cc2C1. The number of hydrogen-bond donors (Lipinski definition) is 2. The Morgan fingerprint density at radius 2 is 1.90 bits per heavy atom. The molecule has 3 heterocycles. The highest BCUT2D eigenvalue weighted by Gasteiger charge is 2.17. The second kappa shape index (κ2) is 6.95. The van der Waals surface area contributed by atoms with Crippen molar-refractivity contribution in [2.45, 2.75) is 13.1 Å². The second-order valence-electron chi connectivity index (χ2n) is 7.30. The van der Waals surface area contributed by atoms with Crippen molar-refractivity contribution in [1.82, 2.24) is 14.9 Å². The summed E-state index contributed by atoms with van der Waals surface area (Å²) in [5, 5.41) is 5.47. The molecular formula is C22H19N5OS. The Balaban J connectivity index is 1.41. The molecule has 0 spiro atoms. The van der Waals surface area contributed by atoms with E-state index in [1.54, 1.807) is 12.4 Å². The third-order valence-electron chi connectivity index (χ3n) is 5.12. The Morgan fingerprint density at radius 1 is 1.03 bits per heavy atom. The molecule has 0 fully saturated rings. The normalized spacial score (nSPS) is 13.6. The molecule has 0 saturated heterocycles. The lowest BCUT2D eigenvalue weighted by atomic mass is 10.1. The molecule has 2 aromatic heterocycles. The van der Waals surface area contributed by atoms with Crippen LogP contribution in [0.2, 0.25) is 0 Å². The van der Waals surface area contributed by atoms with Gasteiger partial charge in [-0.1, -0.05) is 29.5 Å². The molecule has 1 amide bonds. The lowest BCUT2D eigenvalue weighted by Crippen LogP contribution is -2.13. The van der Waals surface area contributed by atoms with Crippen molar-refractivity contribution in [3.8, 4) is 10.4 Å². The molecule has 0 bridgehead atoms. The van der Waals surface area contributed by atoms with Crippen molar-refractivity contribution in [1.29, 1.82) is 0 Å². The Labute approximate surface area is 172 Å². The van der Waals surface area contributed by atoms with Gasteiger partial charge in [0.25, 0.3) is 5.91 Å². The number of benzene rings is 2. The Morgan fingerprint density at radius 3 is 2.72 bits per heavy atom. The van der Waals surface area contributed by atoms with Gasteiger partial charge in [-0.3, -0.25) is 9.69 Å². The van der Waals surface area contributed by atoms with Gasteiger partial charge >= 0.3 is 0 Å². The van der Waals surface area contributed by atoms with Crippen LogP contribution in [0, 0.1) is 0 Å². The van der Waals surface area contributed by atoms with E-state index in [1.807, 2.05) is 36.4 Å². The van der Waals surface area contributed by atoms with Gasteiger partial charge in [0.2, 0.25) is 0 Å². The van der Waals surface area contributed by atoms with Crippen LogP contribution in [0.1, 0.15) is 21.5 Å². The molecule has 0 aliphatic carbocycles. The van der Waals surface area contributed by atoms with E-state index in [1.165, 1.54) is 22.5 Å². The molecule has 1 aliphatic rings. The average molecular weight is 401 g/mol. The number of nitrogens with one attached hydrogen (secondary N) is 1. The minimum Gasteiger partial charge on any atom is -0.375 e. The first-order valence-electron chi connectivity index (χ1n) is 9.28. The number of anilines is 2. The summed E-state index contributed by atoms with van der Waals surface area (Å²) < 4.78 is 0. The van der Waals surface area contributed by atoms with E-state index < -0.39 is 0 Å². The van der Waals surface area contributed by atoms with Crippen LogP contribution in [0.3, 0.4) is 0 Å². The number of hydrogen-bond acceptors (Lipinski definition) is 6. The van der Waals surface area contributed by atoms with Gasteiger partial charge in [0.05, 0.1) is 4.88 Å². The predicted molar refractivity (Wildman–Crippen MR) is 117 cm³/mol. The zero-order valence-electron chi connectivity index (χ0n) is 15.8. The highest BCUT2D eigenvalue weighted by molar-refractivity contribution is 7.18. The molecule has 0 saturated carbocycles. The lowest BCUT2D eigenvalue weighted by Gasteiger charge is -2.08. The van der Waals surface area contributed by atoms with E-state index in [-0.39, 0.29) is 5.91 Å². The number of amides is 1. The van der Waals surface area contributed by atoms with E-state index in [0.717, 1.165) is 34.3 Å². The number of nitrogen functional groups attached to an aromatic ring is 1. The molecular weight excluding hydrogens is 382 g/mol. The van der Waals surface area contributed by atoms with Gasteiger partial charge in [-0.05, 0) is 53.4 Å². The molecule has 0 atom stereocenters. The molecule has 6 nitrogen and oxygen atoms in total. The molecule has 2 aromatic carbocycles. The lowest BCUT2D eigenvalue weighted by molar-refractivity contribution is 0.102. The zero-order chi connectivity index (χ0) is 20.0. The molecule has 3 N–H and O–H groups in total. The van der Waals surface area contributed by atoms with Gasteiger partial charge < -0.3 is 11.1 Å². The Hall–Kier alpha value is -3.29. The molecule has 4 aromatic rings. The van der Waals surface area contributed by atoms with Gasteiger partial charge in [-0.2, -0.15) is 0 Å². The van der Waals surface area contributed by atoms with Crippen LogP contribution < -0.4 is 11.1 Å². The summed E-state index contributed by atoms with van der Waals surface area (Å²) in [6.45, 7) is 1.80. The van der Waals surface area contributed by atoms with Crippen molar-refractivity contribution in [2.75, 3.05) is 18.1 Å². The smallest absolute Gasteiger partial charge is 0.256 e. The van der Waals surface area contributed by atoms with Gasteiger partial charge in [0, 0.05) is 36.4 Å². The molecule has 29 heavy (non-hydrogen) atoms. The first-order valence-corrected chi connectivity index (χ1v) is 10.1. The van der Waals surface area contributed by atoms with Crippen molar-refractivity contribution >= 4 is 39.0 Å². The maximum absolute atomic E-state index is 12.7. The topological polar surface area (TPSA) is 84.1 Å². The fraction of sp³-hybridized carbons (Fsp3) is 0.136. The maximum Gasteiger partial charge on any atom is 0.256 e. The van der Waals surface area contributed by atoms with Gasteiger partial charge in [-0.25, -0.2) is 9.97 Å². The zero-order valence-corrected chi connectivity index (χ0v) is 16.7. The summed E-state index contributed by atoms with van der Waals surface area (Å²) in [7, 11) is 2.08. The van der Waals surface area contributed by atoms with Crippen molar-refractivity contribution in [2.24, 2.45) is 0 Å². The minimum atomic E-state index is -0.152. The number of aromatic nitrogens is 2. The monoisotopic (exact) mass is 401 g/mol. The number of carbonyl (C=O) groups excluding carboxylic acids is 1. The van der Waals surface area contributed by atoms with Crippen LogP contribution in [0.25, 0.3) is 21.2 Å². The van der Waals surface area contributed by atoms with Crippen LogP contribution in [0.15, 0.2) is 54.9 Å². The largest absolute Gasteiger partial charge is 0.375 e. The first kappa shape index (κ1) is 17.8. The minimum absolute atomic E-state index is 0.152. The standard InChI is InChI=1S/C22H19N5OS/c1-27-11-16-5-3-14(7-18(16)12-27)21(28)26-20-8-17-6-13(2-4-15(17)9-24-20)19-10-25-22(23)29-19/h2-10H,11-12H2,1H3,(H2,23,25)(H,24,26,28). The van der Waals surface area contributed by atoms with Gasteiger partial charge in [0.1, 0.15) is 5.82 Å². The Bertz CT molecular complexity index is 1250. The summed E-state index contributed by atoms with van der Waals surface area (Å²) in [5.41, 5.74) is 9.93. The summed E-state index contributed by atoms with van der Waals surface area (Å²) >= 11 is 1.45. The molecule has 144 valence electrons. The van der Waals surface area contributed by atoms with E-state index in [9.17, 15) is 4.79 Å². The summed E-state index contributed by atoms with van der Waals surface area (Å²) in [4.78, 5) is 24.5. The van der Waals surface area contributed by atoms with Crippen LogP contribution in [0.4, 0.5) is 10.9 Å². The number of nitrogens with zero attached hydrogens (tertiary/aromatic N) is 3. The highest BCUT2D eigenvalue weighted by Crippen LogP contribution is 2.30. The fourth-order valence-electron chi connectivity index (χ4n) is 3.68. The summed E-state index contributed by atoms with van der Waals surface area (Å²) in [5.74, 6) is 0.377. The maximum atomic E-state index is 12.7. The number of thiazole rings is 1. The first-order chi connectivity index (χ1) is 14.0. The number of carbonyl (C=O) groups is 1. The van der Waals surface area contributed by atoms with Crippen LogP contribution in [0.5, 0.6) is 0 Å². The molecule has 5 rings (SSSR count). The van der Waals surface area contributed by atoms with Gasteiger partial charge in [0.15, 0.2) is 5.13 Å². The molecule has 0 radical (unpaired) electrons. The van der Waals surface area contributed by atoms with Crippen LogP contribution in [-0.2, 0) is 13.1 Å². The number of rotatable bonds is 3. The number of nitrogens with two attached hydrogens (primary N) is 1. The van der Waals surface area contributed by atoms with Crippen molar-refractivity contribution in [3.63, 3.8) is 0 Å². The summed E-state index contributed by atoms with van der Waals surface area (Å²) in [6, 6.07) is 13.9. The third kappa shape index (κ3) is 3.46. The quantitative estimate of drug-likeness (QED) is 0.539. The van der Waals surface area contributed by atoms with Crippen molar-refractivity contribution in [3.05, 3.63) is 71.5 Å². The van der Waals surface area contributed by atoms with E-state index >= 15 is 0 Å². The third-order valence-corrected chi connectivity index (χ3v) is 6.00. The van der Waals surface area contributed by atoms with Crippen LogP contribution in [-0.4, -0.2) is 27.8 Å². The average Bonchev–Trinajstić information content (AvgIpc) is 3.31. The Kier molecular flexibility index (Phi) is 4.26. The van der Waals surface area contributed by atoms with Crippen molar-refractivity contribution < 1.29 is 4.79 Å². The molecule has 1 aliphatic heterocycles. The van der Waals surface area contributed by atoms with Crippen LogP contribution >= 0.6 is 11.3 Å². The number of fused-ring (bicyclic) bond motifs is 2. The highest BCUT2D eigenvalue weighted by atomic mass is 32.1.